The van der Waals surface area contributed by atoms with Gasteiger partial charge in [-0.1, -0.05) is 0 Å². The molecule has 7 nitrogen and oxygen atoms in total. The summed E-state index contributed by atoms with van der Waals surface area (Å²) in [4.78, 5) is 16.6. The van der Waals surface area contributed by atoms with Crippen LogP contribution in [0.1, 0.15) is 34.9 Å². The van der Waals surface area contributed by atoms with Crippen LogP contribution in [0.4, 0.5) is 4.39 Å². The highest BCUT2D eigenvalue weighted by atomic mass is 35.5. The van der Waals surface area contributed by atoms with Crippen LogP contribution in [0.3, 0.4) is 0 Å². The van der Waals surface area contributed by atoms with Crippen LogP contribution in [-0.2, 0) is 6.54 Å². The molecule has 1 aliphatic heterocycles. The number of amides is 1. The van der Waals surface area contributed by atoms with Gasteiger partial charge in [0.15, 0.2) is 0 Å². The van der Waals surface area contributed by atoms with Gasteiger partial charge >= 0.3 is 0 Å². The van der Waals surface area contributed by atoms with Gasteiger partial charge in [-0.05, 0) is 61.3 Å². The molecule has 0 aliphatic carbocycles. The normalized spacial score (nSPS) is 15.8. The first-order chi connectivity index (χ1) is 14.2. The van der Waals surface area contributed by atoms with Gasteiger partial charge in [-0.25, -0.2) is 9.37 Å². The Morgan fingerprint density at radius 1 is 1.27 bits per heavy atom. The van der Waals surface area contributed by atoms with E-state index in [0.717, 1.165) is 31.5 Å². The molecular formula is C21H23ClFN5O2. The van der Waals surface area contributed by atoms with Gasteiger partial charge < -0.3 is 15.4 Å². The lowest BCUT2D eigenvalue weighted by molar-refractivity contribution is 0.0944. The second-order valence-electron chi connectivity index (χ2n) is 6.92. The van der Waals surface area contributed by atoms with Gasteiger partial charge in [0.25, 0.3) is 5.91 Å². The molecule has 3 heterocycles. The number of ether oxygens (including phenoxy) is 1. The Bertz CT molecular complexity index is 974. The number of halogens is 2. The quantitative estimate of drug-likeness (QED) is 0.624. The summed E-state index contributed by atoms with van der Waals surface area (Å²) in [6.07, 6.45) is 5.62. The molecule has 30 heavy (non-hydrogen) atoms. The number of aromatic nitrogens is 3. The minimum absolute atomic E-state index is 0. The zero-order valence-corrected chi connectivity index (χ0v) is 17.1. The molecule has 9 heteroatoms. The highest BCUT2D eigenvalue weighted by molar-refractivity contribution is 5.92. The number of nitrogens with zero attached hydrogens (tertiary/aromatic N) is 3. The average Bonchev–Trinajstić information content (AvgIpc) is 3.25. The lowest BCUT2D eigenvalue weighted by atomic mass is 10.1. The van der Waals surface area contributed by atoms with Gasteiger partial charge in [0.1, 0.15) is 17.3 Å². The summed E-state index contributed by atoms with van der Waals surface area (Å²) in [5.74, 6) is 0.301. The Morgan fingerprint density at radius 2 is 2.10 bits per heavy atom. The zero-order chi connectivity index (χ0) is 20.1. The topological polar surface area (TPSA) is 81.1 Å². The average molecular weight is 432 g/mol. The fraction of sp³-hybridized carbons (Fsp3) is 0.286. The van der Waals surface area contributed by atoms with Crippen LogP contribution >= 0.6 is 12.4 Å². The summed E-state index contributed by atoms with van der Waals surface area (Å²) in [5, 5.41) is 10.6. The number of carbonyl (C=O) groups is 1. The first kappa shape index (κ1) is 21.7. The van der Waals surface area contributed by atoms with Gasteiger partial charge in [0.2, 0.25) is 5.88 Å². The smallest absolute Gasteiger partial charge is 0.272 e. The predicted octanol–water partition coefficient (Wildman–Crippen LogP) is 3.49. The van der Waals surface area contributed by atoms with E-state index in [1.807, 2.05) is 10.9 Å². The van der Waals surface area contributed by atoms with E-state index < -0.39 is 0 Å². The first-order valence-electron chi connectivity index (χ1n) is 9.60. The van der Waals surface area contributed by atoms with Gasteiger partial charge in [0.05, 0.1) is 6.04 Å². The maximum absolute atomic E-state index is 13.0. The van der Waals surface area contributed by atoms with Gasteiger partial charge in [-0.2, -0.15) is 5.10 Å². The first-order valence-corrected chi connectivity index (χ1v) is 9.60. The molecule has 2 aromatic heterocycles. The highest BCUT2D eigenvalue weighted by Gasteiger charge is 2.17. The fourth-order valence-corrected chi connectivity index (χ4v) is 3.23. The molecule has 1 atom stereocenters. The predicted molar refractivity (Wildman–Crippen MR) is 112 cm³/mol. The van der Waals surface area contributed by atoms with Crippen molar-refractivity contribution < 1.29 is 13.9 Å². The van der Waals surface area contributed by atoms with Crippen LogP contribution in [0.2, 0.25) is 0 Å². The van der Waals surface area contributed by atoms with Crippen LogP contribution < -0.4 is 15.4 Å². The lowest BCUT2D eigenvalue weighted by Gasteiger charge is -2.22. The van der Waals surface area contributed by atoms with Crippen molar-refractivity contribution in [2.24, 2.45) is 0 Å². The number of hydrogen-bond donors (Lipinski definition) is 2. The summed E-state index contributed by atoms with van der Waals surface area (Å²) < 4.78 is 20.5. The summed E-state index contributed by atoms with van der Waals surface area (Å²) in [7, 11) is 0. The molecule has 3 aromatic rings. The highest BCUT2D eigenvalue weighted by Crippen LogP contribution is 2.20. The largest absolute Gasteiger partial charge is 0.439 e. The summed E-state index contributed by atoms with van der Waals surface area (Å²) >= 11 is 0. The third-order valence-electron chi connectivity index (χ3n) is 4.77. The second kappa shape index (κ2) is 10.2. The third kappa shape index (κ3) is 5.55. The molecule has 0 bridgehead atoms. The van der Waals surface area contributed by atoms with Gasteiger partial charge in [0, 0.05) is 31.5 Å². The van der Waals surface area contributed by atoms with Crippen molar-refractivity contribution in [2.75, 3.05) is 13.1 Å². The zero-order valence-electron chi connectivity index (χ0n) is 16.3. The number of pyridine rings is 1. The molecular weight excluding hydrogens is 409 g/mol. The molecule has 1 fully saturated rings. The van der Waals surface area contributed by atoms with E-state index in [-0.39, 0.29) is 30.2 Å². The van der Waals surface area contributed by atoms with Crippen molar-refractivity contribution in [2.45, 2.75) is 25.4 Å². The molecule has 2 N–H and O–H groups in total. The van der Waals surface area contributed by atoms with E-state index in [1.165, 1.54) is 24.3 Å². The summed E-state index contributed by atoms with van der Waals surface area (Å²) in [6.45, 7) is 2.22. The monoisotopic (exact) mass is 431 g/mol. The molecule has 0 saturated carbocycles. The van der Waals surface area contributed by atoms with Crippen LogP contribution in [0.25, 0.3) is 0 Å². The van der Waals surface area contributed by atoms with Crippen molar-refractivity contribution in [1.29, 1.82) is 0 Å². The molecule has 1 aromatic carbocycles. The van der Waals surface area contributed by atoms with Crippen molar-refractivity contribution in [1.82, 2.24) is 25.4 Å². The molecule has 158 valence electrons. The third-order valence-corrected chi connectivity index (χ3v) is 4.77. The van der Waals surface area contributed by atoms with E-state index >= 15 is 0 Å². The minimum atomic E-state index is -0.330. The number of nitrogens with one attached hydrogen (secondary N) is 2. The minimum Gasteiger partial charge on any atom is -0.439 e. The number of piperidine rings is 1. The van der Waals surface area contributed by atoms with Crippen molar-refractivity contribution in [3.8, 4) is 11.6 Å². The van der Waals surface area contributed by atoms with Crippen LogP contribution in [0.15, 0.2) is 54.9 Å². The van der Waals surface area contributed by atoms with E-state index in [1.54, 1.807) is 24.4 Å². The Kier molecular flexibility index (Phi) is 7.37. The molecule has 1 amide bonds. The Labute approximate surface area is 180 Å². The summed E-state index contributed by atoms with van der Waals surface area (Å²) in [5.41, 5.74) is 1.23. The van der Waals surface area contributed by atoms with Crippen molar-refractivity contribution >= 4 is 18.3 Å². The molecule has 4 rings (SSSR count). The van der Waals surface area contributed by atoms with E-state index in [0.29, 0.717) is 23.9 Å². The van der Waals surface area contributed by atoms with Crippen LogP contribution in [0, 0.1) is 5.82 Å². The number of carbonyl (C=O) groups excluding carboxylic acids is 1. The maximum atomic E-state index is 13.0. The van der Waals surface area contributed by atoms with E-state index in [9.17, 15) is 9.18 Å². The number of benzene rings is 1. The molecule has 1 aliphatic rings. The second-order valence-corrected chi connectivity index (χ2v) is 6.92. The van der Waals surface area contributed by atoms with Crippen LogP contribution in [0.5, 0.6) is 11.6 Å². The van der Waals surface area contributed by atoms with E-state index in [2.05, 4.69) is 20.7 Å². The molecule has 0 spiro atoms. The van der Waals surface area contributed by atoms with Crippen molar-refractivity contribution in [3.05, 3.63) is 71.9 Å². The SMILES string of the molecule is Cl.O=C(NCc1ccnc(Oc2ccc(F)cc2)c1)c1ccn(C2CCCNC2)n1. The van der Waals surface area contributed by atoms with Crippen LogP contribution in [-0.4, -0.2) is 33.8 Å². The molecule has 1 unspecified atom stereocenters. The molecule has 1 saturated heterocycles. The summed E-state index contributed by atoms with van der Waals surface area (Å²) in [6, 6.07) is 11.3. The van der Waals surface area contributed by atoms with Gasteiger partial charge in [-0.15, -0.1) is 12.4 Å². The Balaban J connectivity index is 0.00000256. The lowest BCUT2D eigenvalue weighted by Crippen LogP contribution is -2.32. The Hall–Kier alpha value is -2.97. The fourth-order valence-electron chi connectivity index (χ4n) is 3.23. The van der Waals surface area contributed by atoms with Gasteiger partial charge in [-0.3, -0.25) is 9.48 Å². The maximum Gasteiger partial charge on any atom is 0.272 e. The van der Waals surface area contributed by atoms with Crippen molar-refractivity contribution in [3.63, 3.8) is 0 Å². The number of hydrogen-bond acceptors (Lipinski definition) is 5. The number of rotatable bonds is 6. The molecule has 0 radical (unpaired) electrons. The Morgan fingerprint density at radius 3 is 2.87 bits per heavy atom. The van der Waals surface area contributed by atoms with E-state index in [4.69, 9.17) is 4.74 Å². The standard InChI is InChI=1S/C21H22FN5O2.ClH/c22-16-3-5-18(6-4-16)29-20-12-15(7-10-24-20)13-25-21(28)19-8-11-27(26-19)17-2-1-9-23-14-17;/h3-8,10-12,17,23H,1-2,9,13-14H2,(H,25,28);1H.